The summed E-state index contributed by atoms with van der Waals surface area (Å²) in [7, 11) is -3.49. The summed E-state index contributed by atoms with van der Waals surface area (Å²) in [5, 5.41) is 4.77. The molecule has 0 unspecified atom stereocenters. The van der Waals surface area contributed by atoms with E-state index in [0.717, 1.165) is 31.3 Å². The van der Waals surface area contributed by atoms with Crippen LogP contribution in [0.2, 0.25) is 0 Å². The molecule has 106 valence electrons. The van der Waals surface area contributed by atoms with Crippen molar-refractivity contribution in [3.8, 4) is 0 Å². The second kappa shape index (κ2) is 5.47. The van der Waals surface area contributed by atoms with Crippen LogP contribution < -0.4 is 10.0 Å². The molecule has 0 amide bonds. The van der Waals surface area contributed by atoms with Gasteiger partial charge in [-0.1, -0.05) is 12.1 Å². The van der Waals surface area contributed by atoms with Gasteiger partial charge in [-0.2, -0.15) is 0 Å². The Morgan fingerprint density at radius 3 is 2.80 bits per heavy atom. The molecular formula is C14H17N3O2S. The first-order chi connectivity index (χ1) is 9.67. The van der Waals surface area contributed by atoms with E-state index in [-0.39, 0.29) is 6.04 Å². The van der Waals surface area contributed by atoms with Crippen LogP contribution in [0.3, 0.4) is 0 Å². The normalized spacial score (nSPS) is 17.4. The van der Waals surface area contributed by atoms with Gasteiger partial charge < -0.3 is 5.32 Å². The quantitative estimate of drug-likeness (QED) is 0.893. The highest BCUT2D eigenvalue weighted by molar-refractivity contribution is 7.89. The summed E-state index contributed by atoms with van der Waals surface area (Å²) in [5.41, 5.74) is 0. The van der Waals surface area contributed by atoms with E-state index in [1.807, 2.05) is 6.07 Å². The molecule has 6 heteroatoms. The third-order valence-corrected chi connectivity index (χ3v) is 5.17. The molecule has 1 fully saturated rings. The zero-order chi connectivity index (χ0) is 14.0. The average molecular weight is 291 g/mol. The maximum Gasteiger partial charge on any atom is 0.241 e. The van der Waals surface area contributed by atoms with Crippen LogP contribution in [0.4, 0.5) is 0 Å². The van der Waals surface area contributed by atoms with Gasteiger partial charge in [0.05, 0.1) is 4.90 Å². The lowest BCUT2D eigenvalue weighted by molar-refractivity contribution is 0.427. The fraction of sp³-hybridized carbons (Fsp3) is 0.357. The second-order valence-electron chi connectivity index (χ2n) is 5.00. The van der Waals surface area contributed by atoms with Gasteiger partial charge >= 0.3 is 0 Å². The minimum absolute atomic E-state index is 0.0124. The van der Waals surface area contributed by atoms with Crippen LogP contribution in [0.25, 0.3) is 10.8 Å². The van der Waals surface area contributed by atoms with Gasteiger partial charge in [0.25, 0.3) is 0 Å². The molecule has 1 aliphatic heterocycles. The number of hydrogen-bond donors (Lipinski definition) is 2. The lowest BCUT2D eigenvalue weighted by Crippen LogP contribution is -2.42. The van der Waals surface area contributed by atoms with Crippen molar-refractivity contribution in [2.45, 2.75) is 23.8 Å². The van der Waals surface area contributed by atoms with E-state index in [1.54, 1.807) is 30.6 Å². The zero-order valence-electron chi connectivity index (χ0n) is 11.0. The topological polar surface area (TPSA) is 71.1 Å². The van der Waals surface area contributed by atoms with Crippen LogP contribution in [0, 0.1) is 0 Å². The van der Waals surface area contributed by atoms with E-state index in [9.17, 15) is 8.42 Å². The maximum atomic E-state index is 12.6. The third-order valence-electron chi connectivity index (χ3n) is 3.59. The minimum Gasteiger partial charge on any atom is -0.317 e. The van der Waals surface area contributed by atoms with Gasteiger partial charge in [0.2, 0.25) is 10.0 Å². The first-order valence-electron chi connectivity index (χ1n) is 6.72. The predicted octanol–water partition coefficient (Wildman–Crippen LogP) is 1.27. The number of nitrogens with one attached hydrogen (secondary N) is 2. The summed E-state index contributed by atoms with van der Waals surface area (Å²) in [4.78, 5) is 4.36. The molecule has 0 atom stereocenters. The van der Waals surface area contributed by atoms with Gasteiger partial charge in [0.15, 0.2) is 0 Å². The molecule has 0 aliphatic carbocycles. The lowest BCUT2D eigenvalue weighted by Gasteiger charge is -2.23. The third kappa shape index (κ3) is 2.67. The highest BCUT2D eigenvalue weighted by Crippen LogP contribution is 2.22. The van der Waals surface area contributed by atoms with Crippen LogP contribution in [0.1, 0.15) is 12.8 Å². The molecule has 3 rings (SSSR count). The van der Waals surface area contributed by atoms with Crippen molar-refractivity contribution in [1.82, 2.24) is 15.0 Å². The molecule has 0 saturated carbocycles. The Hall–Kier alpha value is -1.50. The molecule has 0 radical (unpaired) electrons. The number of sulfonamides is 1. The number of nitrogens with zero attached hydrogens (tertiary/aromatic N) is 1. The highest BCUT2D eigenvalue weighted by Gasteiger charge is 2.23. The van der Waals surface area contributed by atoms with Gasteiger partial charge in [-0.05, 0) is 38.1 Å². The second-order valence-corrected chi connectivity index (χ2v) is 6.68. The SMILES string of the molecule is O=S(=O)(NC1CCNCC1)c1cccc2cnccc12. The number of hydrogen-bond acceptors (Lipinski definition) is 4. The average Bonchev–Trinajstić information content (AvgIpc) is 2.47. The molecule has 1 aromatic carbocycles. The van der Waals surface area contributed by atoms with Crippen molar-refractivity contribution in [3.05, 3.63) is 36.7 Å². The molecule has 2 N–H and O–H groups in total. The summed E-state index contributed by atoms with van der Waals surface area (Å²) < 4.78 is 27.9. The molecule has 2 aromatic rings. The Morgan fingerprint density at radius 2 is 2.00 bits per heavy atom. The minimum atomic E-state index is -3.49. The van der Waals surface area contributed by atoms with Crippen LogP contribution >= 0.6 is 0 Å². The summed E-state index contributed by atoms with van der Waals surface area (Å²) in [6, 6.07) is 7.02. The van der Waals surface area contributed by atoms with Gasteiger partial charge in [0.1, 0.15) is 0 Å². The van der Waals surface area contributed by atoms with E-state index < -0.39 is 10.0 Å². The van der Waals surface area contributed by atoms with E-state index in [0.29, 0.717) is 10.3 Å². The number of fused-ring (bicyclic) bond motifs is 1. The van der Waals surface area contributed by atoms with E-state index in [1.165, 1.54) is 0 Å². The first kappa shape index (κ1) is 13.5. The summed E-state index contributed by atoms with van der Waals surface area (Å²) in [5.74, 6) is 0. The van der Waals surface area contributed by atoms with Crippen molar-refractivity contribution in [2.24, 2.45) is 0 Å². The van der Waals surface area contributed by atoms with Crippen molar-refractivity contribution in [1.29, 1.82) is 0 Å². The Balaban J connectivity index is 1.96. The smallest absolute Gasteiger partial charge is 0.241 e. The van der Waals surface area contributed by atoms with E-state index >= 15 is 0 Å². The fourth-order valence-corrected chi connectivity index (χ4v) is 4.08. The Labute approximate surface area is 118 Å². The van der Waals surface area contributed by atoms with Crippen molar-refractivity contribution < 1.29 is 8.42 Å². The molecule has 1 aromatic heterocycles. The number of rotatable bonds is 3. The summed E-state index contributed by atoms with van der Waals surface area (Å²) >= 11 is 0. The molecule has 1 aliphatic rings. The van der Waals surface area contributed by atoms with Crippen LogP contribution in [0.5, 0.6) is 0 Å². The largest absolute Gasteiger partial charge is 0.317 e. The summed E-state index contributed by atoms with van der Waals surface area (Å²) in [6.45, 7) is 1.71. The number of piperidine rings is 1. The molecule has 0 bridgehead atoms. The van der Waals surface area contributed by atoms with Gasteiger partial charge in [-0.25, -0.2) is 13.1 Å². The summed E-state index contributed by atoms with van der Waals surface area (Å²) in [6.07, 6.45) is 4.95. The maximum absolute atomic E-state index is 12.6. The Kier molecular flexibility index (Phi) is 3.69. The zero-order valence-corrected chi connectivity index (χ0v) is 11.9. The van der Waals surface area contributed by atoms with Crippen molar-refractivity contribution >= 4 is 20.8 Å². The molecule has 0 spiro atoms. The number of benzene rings is 1. The van der Waals surface area contributed by atoms with E-state index in [4.69, 9.17) is 0 Å². The molecule has 1 saturated heterocycles. The first-order valence-corrected chi connectivity index (χ1v) is 8.21. The molecule has 20 heavy (non-hydrogen) atoms. The number of aromatic nitrogens is 1. The van der Waals surface area contributed by atoms with E-state index in [2.05, 4.69) is 15.0 Å². The number of pyridine rings is 1. The van der Waals surface area contributed by atoms with Gasteiger partial charge in [-0.3, -0.25) is 4.98 Å². The predicted molar refractivity (Wildman–Crippen MR) is 78.0 cm³/mol. The fourth-order valence-electron chi connectivity index (χ4n) is 2.55. The van der Waals surface area contributed by atoms with Crippen molar-refractivity contribution in [3.63, 3.8) is 0 Å². The molecule has 2 heterocycles. The monoisotopic (exact) mass is 291 g/mol. The van der Waals surface area contributed by atoms with Gasteiger partial charge in [-0.15, -0.1) is 0 Å². The Morgan fingerprint density at radius 1 is 1.20 bits per heavy atom. The lowest BCUT2D eigenvalue weighted by atomic mass is 10.1. The standard InChI is InChI=1S/C14H17N3O2S/c18-20(19,17-12-4-7-15-8-5-12)14-3-1-2-11-10-16-9-6-13(11)14/h1-3,6,9-10,12,15,17H,4-5,7-8H2. The highest BCUT2D eigenvalue weighted by atomic mass is 32.2. The Bertz CT molecular complexity index is 704. The molecule has 5 nitrogen and oxygen atoms in total. The van der Waals surface area contributed by atoms with Gasteiger partial charge in [0, 0.05) is 29.2 Å². The van der Waals surface area contributed by atoms with Crippen LogP contribution in [-0.4, -0.2) is 32.5 Å². The molecular weight excluding hydrogens is 274 g/mol. The van der Waals surface area contributed by atoms with Crippen LogP contribution in [0.15, 0.2) is 41.6 Å². The van der Waals surface area contributed by atoms with Crippen LogP contribution in [-0.2, 0) is 10.0 Å². The van der Waals surface area contributed by atoms with Crippen molar-refractivity contribution in [2.75, 3.05) is 13.1 Å².